The summed E-state index contributed by atoms with van der Waals surface area (Å²) < 4.78 is 15.8. The molecular formula is C8H17O5P. The van der Waals surface area contributed by atoms with E-state index >= 15 is 0 Å². The first-order valence-corrected chi connectivity index (χ1v) is 6.31. The molecule has 0 aromatic carbocycles. The van der Waals surface area contributed by atoms with Gasteiger partial charge in [-0.15, -0.1) is 0 Å². The van der Waals surface area contributed by atoms with Crippen LogP contribution in [-0.4, -0.2) is 28.5 Å². The van der Waals surface area contributed by atoms with E-state index < -0.39 is 13.4 Å². The summed E-state index contributed by atoms with van der Waals surface area (Å²) in [4.78, 5) is 27.8. The minimum absolute atomic E-state index is 0.281. The van der Waals surface area contributed by atoms with Crippen LogP contribution in [0.2, 0.25) is 0 Å². The standard InChI is InChI=1S/C8H17O5P/c1-2-13-8(14(10,11)12)6-4-3-5-7-9/h7-8H,2-6H2,1H3,(H2,10,11,12). The first-order valence-electron chi connectivity index (χ1n) is 4.62. The zero-order valence-electron chi connectivity index (χ0n) is 8.26. The molecule has 0 spiro atoms. The summed E-state index contributed by atoms with van der Waals surface area (Å²) in [6.45, 7) is 1.97. The van der Waals surface area contributed by atoms with Gasteiger partial charge in [0.25, 0.3) is 0 Å². The van der Waals surface area contributed by atoms with Gasteiger partial charge in [-0.05, 0) is 26.2 Å². The van der Waals surface area contributed by atoms with Crippen LogP contribution in [0.4, 0.5) is 0 Å². The van der Waals surface area contributed by atoms with Crippen molar-refractivity contribution in [3.05, 3.63) is 0 Å². The molecule has 0 aliphatic carbocycles. The Morgan fingerprint density at radius 2 is 2.07 bits per heavy atom. The maximum atomic E-state index is 10.9. The van der Waals surface area contributed by atoms with Crippen molar-refractivity contribution in [2.24, 2.45) is 0 Å². The third kappa shape index (κ3) is 6.27. The molecule has 0 aliphatic rings. The first kappa shape index (κ1) is 13.8. The highest BCUT2D eigenvalue weighted by Crippen LogP contribution is 2.44. The van der Waals surface area contributed by atoms with Crippen LogP contribution in [0.3, 0.4) is 0 Å². The van der Waals surface area contributed by atoms with Crippen LogP contribution in [0.25, 0.3) is 0 Å². The topological polar surface area (TPSA) is 83.8 Å². The molecule has 0 radical (unpaired) electrons. The fourth-order valence-corrected chi connectivity index (χ4v) is 1.95. The third-order valence-corrected chi connectivity index (χ3v) is 2.91. The number of unbranched alkanes of at least 4 members (excludes halogenated alkanes) is 2. The third-order valence-electron chi connectivity index (χ3n) is 1.76. The second-order valence-corrected chi connectivity index (χ2v) is 4.70. The fourth-order valence-electron chi connectivity index (χ4n) is 1.09. The van der Waals surface area contributed by atoms with Gasteiger partial charge in [0.2, 0.25) is 0 Å². The largest absolute Gasteiger partial charge is 0.366 e. The SMILES string of the molecule is CCOC(CCCCC=O)P(=O)(O)O. The average Bonchev–Trinajstić information content (AvgIpc) is 2.08. The molecule has 0 fully saturated rings. The lowest BCUT2D eigenvalue weighted by molar-refractivity contribution is -0.107. The van der Waals surface area contributed by atoms with Crippen molar-refractivity contribution in [2.75, 3.05) is 6.61 Å². The first-order chi connectivity index (χ1) is 6.52. The number of hydrogen-bond donors (Lipinski definition) is 2. The summed E-state index contributed by atoms with van der Waals surface area (Å²) in [7, 11) is -4.15. The Morgan fingerprint density at radius 1 is 1.43 bits per heavy atom. The fraction of sp³-hybridized carbons (Fsp3) is 0.875. The van der Waals surface area contributed by atoms with Gasteiger partial charge in [-0.25, -0.2) is 0 Å². The Kier molecular flexibility index (Phi) is 7.01. The molecular weight excluding hydrogens is 207 g/mol. The molecule has 84 valence electrons. The van der Waals surface area contributed by atoms with Crippen molar-refractivity contribution in [2.45, 2.75) is 38.5 Å². The molecule has 1 atom stereocenters. The van der Waals surface area contributed by atoms with Gasteiger partial charge < -0.3 is 19.3 Å². The molecule has 0 aromatic rings. The molecule has 1 unspecified atom stereocenters. The second-order valence-electron chi connectivity index (χ2n) is 2.95. The monoisotopic (exact) mass is 224 g/mol. The molecule has 14 heavy (non-hydrogen) atoms. The number of carbonyl (C=O) groups is 1. The highest BCUT2D eigenvalue weighted by molar-refractivity contribution is 7.52. The quantitative estimate of drug-likeness (QED) is 0.368. The van der Waals surface area contributed by atoms with E-state index in [0.717, 1.165) is 6.29 Å². The van der Waals surface area contributed by atoms with Gasteiger partial charge in [0.1, 0.15) is 6.29 Å². The van der Waals surface area contributed by atoms with Crippen molar-refractivity contribution < 1.29 is 23.9 Å². The molecule has 0 aromatic heterocycles. The minimum atomic E-state index is -4.15. The van der Waals surface area contributed by atoms with Crippen molar-refractivity contribution >= 4 is 13.9 Å². The Bertz CT molecular complexity index is 200. The number of ether oxygens (including phenoxy) is 1. The van der Waals surface area contributed by atoms with Gasteiger partial charge in [-0.3, -0.25) is 4.57 Å². The zero-order chi connectivity index (χ0) is 11.0. The van der Waals surface area contributed by atoms with Gasteiger partial charge in [-0.2, -0.15) is 0 Å². The van der Waals surface area contributed by atoms with E-state index in [2.05, 4.69) is 0 Å². The van der Waals surface area contributed by atoms with Crippen LogP contribution < -0.4 is 0 Å². The van der Waals surface area contributed by atoms with E-state index in [1.165, 1.54) is 0 Å². The lowest BCUT2D eigenvalue weighted by Crippen LogP contribution is -2.13. The Balaban J connectivity index is 3.86. The summed E-state index contributed by atoms with van der Waals surface area (Å²) in [5.74, 6) is -1.01. The molecule has 0 saturated carbocycles. The van der Waals surface area contributed by atoms with Crippen molar-refractivity contribution in [1.82, 2.24) is 0 Å². The van der Waals surface area contributed by atoms with Gasteiger partial charge >= 0.3 is 7.60 Å². The smallest absolute Gasteiger partial charge is 0.354 e. The van der Waals surface area contributed by atoms with Crippen LogP contribution in [0, 0.1) is 0 Å². The summed E-state index contributed by atoms with van der Waals surface area (Å²) in [6.07, 6.45) is 2.76. The predicted molar refractivity (Wildman–Crippen MR) is 52.0 cm³/mol. The minimum Gasteiger partial charge on any atom is -0.366 e. The van der Waals surface area contributed by atoms with E-state index in [4.69, 9.17) is 14.5 Å². The number of hydrogen-bond acceptors (Lipinski definition) is 3. The maximum Gasteiger partial charge on any atom is 0.354 e. The normalized spacial score (nSPS) is 13.9. The van der Waals surface area contributed by atoms with Crippen molar-refractivity contribution in [3.63, 3.8) is 0 Å². The average molecular weight is 224 g/mol. The zero-order valence-corrected chi connectivity index (χ0v) is 9.15. The van der Waals surface area contributed by atoms with Gasteiger partial charge in [0.05, 0.1) is 0 Å². The Morgan fingerprint density at radius 3 is 2.50 bits per heavy atom. The summed E-state index contributed by atoms with van der Waals surface area (Å²) >= 11 is 0. The van der Waals surface area contributed by atoms with Crippen LogP contribution in [-0.2, 0) is 14.1 Å². The molecule has 2 N–H and O–H groups in total. The second kappa shape index (κ2) is 7.12. The number of carbonyl (C=O) groups excluding carboxylic acids is 1. The molecule has 6 heteroatoms. The van der Waals surface area contributed by atoms with Crippen LogP contribution in [0.1, 0.15) is 32.6 Å². The van der Waals surface area contributed by atoms with E-state index in [9.17, 15) is 9.36 Å². The van der Waals surface area contributed by atoms with E-state index in [1.54, 1.807) is 6.92 Å². The molecule has 0 bridgehead atoms. The molecule has 0 heterocycles. The predicted octanol–water partition coefficient (Wildman–Crippen LogP) is 1.29. The van der Waals surface area contributed by atoms with Gasteiger partial charge in [0.15, 0.2) is 5.85 Å². The van der Waals surface area contributed by atoms with Crippen LogP contribution in [0.15, 0.2) is 0 Å². The summed E-state index contributed by atoms with van der Waals surface area (Å²) in [6, 6.07) is 0. The van der Waals surface area contributed by atoms with E-state index in [1.807, 2.05) is 0 Å². The van der Waals surface area contributed by atoms with E-state index in [0.29, 0.717) is 25.7 Å². The van der Waals surface area contributed by atoms with Crippen LogP contribution >= 0.6 is 7.60 Å². The summed E-state index contributed by atoms with van der Waals surface area (Å²) in [5.41, 5.74) is 0. The Hall–Kier alpha value is -0.220. The van der Waals surface area contributed by atoms with Crippen molar-refractivity contribution in [1.29, 1.82) is 0 Å². The lowest BCUT2D eigenvalue weighted by atomic mass is 10.2. The number of rotatable bonds is 8. The van der Waals surface area contributed by atoms with Gasteiger partial charge in [-0.1, -0.05) is 0 Å². The molecule has 0 rings (SSSR count). The maximum absolute atomic E-state index is 10.9. The highest BCUT2D eigenvalue weighted by Gasteiger charge is 2.28. The lowest BCUT2D eigenvalue weighted by Gasteiger charge is -2.17. The molecule has 0 saturated heterocycles. The van der Waals surface area contributed by atoms with Crippen molar-refractivity contribution in [3.8, 4) is 0 Å². The Labute approximate surface area is 83.6 Å². The van der Waals surface area contributed by atoms with Crippen LogP contribution in [0.5, 0.6) is 0 Å². The van der Waals surface area contributed by atoms with E-state index in [-0.39, 0.29) is 6.61 Å². The summed E-state index contributed by atoms with van der Waals surface area (Å²) in [5, 5.41) is 0. The highest BCUT2D eigenvalue weighted by atomic mass is 31.2. The molecule has 0 amide bonds. The molecule has 0 aliphatic heterocycles. The van der Waals surface area contributed by atoms with Gasteiger partial charge in [0, 0.05) is 13.0 Å². The molecule has 5 nitrogen and oxygen atoms in total. The number of aldehydes is 1.